The Balaban J connectivity index is 1.49. The highest BCUT2D eigenvalue weighted by atomic mass is 79.9. The number of hydrogen-bond acceptors (Lipinski definition) is 3. The van der Waals surface area contributed by atoms with Crippen LogP contribution < -0.4 is 5.32 Å². The van der Waals surface area contributed by atoms with Crippen molar-refractivity contribution < 1.29 is 19.4 Å². The molecule has 31 heavy (non-hydrogen) atoms. The van der Waals surface area contributed by atoms with E-state index in [0.29, 0.717) is 5.56 Å². The van der Waals surface area contributed by atoms with Crippen molar-refractivity contribution in [1.82, 2.24) is 5.32 Å². The summed E-state index contributed by atoms with van der Waals surface area (Å²) in [6.45, 7) is 0.170. The van der Waals surface area contributed by atoms with Gasteiger partial charge >= 0.3 is 12.1 Å². The predicted molar refractivity (Wildman–Crippen MR) is 125 cm³/mol. The minimum atomic E-state index is -1.01. The molecular weight excluding hydrogens is 526 g/mol. The summed E-state index contributed by atoms with van der Waals surface area (Å²) in [4.78, 5) is 23.9. The summed E-state index contributed by atoms with van der Waals surface area (Å²) in [5, 5.41) is 12.0. The van der Waals surface area contributed by atoms with E-state index in [0.717, 1.165) is 31.2 Å². The summed E-state index contributed by atoms with van der Waals surface area (Å²) in [6, 6.07) is 20.8. The fraction of sp³-hybridized carbons (Fsp3) is 0.167. The van der Waals surface area contributed by atoms with Crippen molar-refractivity contribution in [3.8, 4) is 11.1 Å². The third-order valence-electron chi connectivity index (χ3n) is 5.36. The van der Waals surface area contributed by atoms with Crippen molar-refractivity contribution in [2.24, 2.45) is 0 Å². The number of hydrogen-bond donors (Lipinski definition) is 2. The maximum absolute atomic E-state index is 12.6. The molecule has 0 radical (unpaired) electrons. The number of carbonyl (C=O) groups is 2. The first-order valence-corrected chi connectivity index (χ1v) is 11.3. The maximum Gasteiger partial charge on any atom is 0.407 e. The van der Waals surface area contributed by atoms with E-state index >= 15 is 0 Å². The van der Waals surface area contributed by atoms with Crippen LogP contribution in [-0.4, -0.2) is 23.8 Å². The molecule has 0 saturated carbocycles. The molecule has 5 nitrogen and oxygen atoms in total. The van der Waals surface area contributed by atoms with E-state index in [-0.39, 0.29) is 18.9 Å². The number of carboxylic acids is 1. The minimum absolute atomic E-state index is 0.0575. The van der Waals surface area contributed by atoms with Crippen molar-refractivity contribution in [1.29, 1.82) is 0 Å². The molecule has 0 aliphatic heterocycles. The number of aliphatic carboxylic acids is 1. The molecule has 3 aromatic carbocycles. The van der Waals surface area contributed by atoms with Gasteiger partial charge < -0.3 is 15.2 Å². The van der Waals surface area contributed by atoms with E-state index in [2.05, 4.69) is 49.3 Å². The van der Waals surface area contributed by atoms with Gasteiger partial charge in [0.05, 0.1) is 12.5 Å². The van der Waals surface area contributed by atoms with Crippen LogP contribution in [0, 0.1) is 0 Å². The lowest BCUT2D eigenvalue weighted by Gasteiger charge is -2.19. The molecule has 0 aromatic heterocycles. The first-order valence-electron chi connectivity index (χ1n) is 9.72. The molecule has 0 heterocycles. The summed E-state index contributed by atoms with van der Waals surface area (Å²) in [5.74, 6) is -1.07. The Bertz CT molecular complexity index is 1100. The normalized spacial score (nSPS) is 13.2. The lowest BCUT2D eigenvalue weighted by molar-refractivity contribution is -0.137. The summed E-state index contributed by atoms with van der Waals surface area (Å²) >= 11 is 6.81. The van der Waals surface area contributed by atoms with Crippen LogP contribution >= 0.6 is 31.9 Å². The van der Waals surface area contributed by atoms with Gasteiger partial charge in [-0.3, -0.25) is 4.79 Å². The molecule has 0 unspecified atom stereocenters. The van der Waals surface area contributed by atoms with E-state index in [1.807, 2.05) is 36.4 Å². The van der Waals surface area contributed by atoms with Crippen LogP contribution in [0.2, 0.25) is 0 Å². The largest absolute Gasteiger partial charge is 0.481 e. The Labute approximate surface area is 196 Å². The topological polar surface area (TPSA) is 75.6 Å². The number of alkyl carbamates (subject to hydrolysis) is 1. The summed E-state index contributed by atoms with van der Waals surface area (Å²) in [5.41, 5.74) is 5.21. The van der Waals surface area contributed by atoms with Gasteiger partial charge in [-0.05, 0) is 71.8 Å². The third kappa shape index (κ3) is 4.67. The molecule has 3 aromatic rings. The van der Waals surface area contributed by atoms with Crippen molar-refractivity contribution >= 4 is 43.9 Å². The third-order valence-corrected chi connectivity index (χ3v) is 7.24. The van der Waals surface area contributed by atoms with Crippen LogP contribution in [0.5, 0.6) is 0 Å². The fourth-order valence-corrected chi connectivity index (χ4v) is 4.58. The van der Waals surface area contributed by atoms with Crippen molar-refractivity contribution in [3.63, 3.8) is 0 Å². The Hall–Kier alpha value is -2.64. The quantitative estimate of drug-likeness (QED) is 0.383. The first-order chi connectivity index (χ1) is 14.9. The van der Waals surface area contributed by atoms with Crippen LogP contribution in [0.25, 0.3) is 11.1 Å². The van der Waals surface area contributed by atoms with Gasteiger partial charge in [0, 0.05) is 14.9 Å². The van der Waals surface area contributed by atoms with Crippen LogP contribution in [-0.2, 0) is 9.53 Å². The van der Waals surface area contributed by atoms with Gasteiger partial charge in [-0.15, -0.1) is 0 Å². The fourth-order valence-electron chi connectivity index (χ4n) is 3.94. The van der Waals surface area contributed by atoms with Gasteiger partial charge in [0.15, 0.2) is 0 Å². The molecule has 0 bridgehead atoms. The summed E-state index contributed by atoms with van der Waals surface area (Å²) < 4.78 is 7.18. The molecule has 1 atom stereocenters. The van der Waals surface area contributed by atoms with Gasteiger partial charge in [-0.2, -0.15) is 0 Å². The number of carboxylic acid groups (broad SMARTS) is 1. The van der Waals surface area contributed by atoms with Crippen molar-refractivity contribution in [2.45, 2.75) is 18.4 Å². The van der Waals surface area contributed by atoms with Gasteiger partial charge in [-0.1, -0.05) is 54.6 Å². The lowest BCUT2D eigenvalue weighted by Crippen LogP contribution is -2.31. The number of halogens is 2. The van der Waals surface area contributed by atoms with E-state index < -0.39 is 18.1 Å². The van der Waals surface area contributed by atoms with Gasteiger partial charge in [-0.25, -0.2) is 4.79 Å². The van der Waals surface area contributed by atoms with Gasteiger partial charge in [0.1, 0.15) is 6.61 Å². The second-order valence-electron chi connectivity index (χ2n) is 7.29. The zero-order chi connectivity index (χ0) is 22.0. The Morgan fingerprint density at radius 1 is 0.935 bits per heavy atom. The van der Waals surface area contributed by atoms with Gasteiger partial charge in [0.2, 0.25) is 0 Å². The SMILES string of the molecule is O=C(O)C[C@@H](NC(=O)OCC1c2ccccc2-c2ccccc21)c1ccc(Br)c(Br)c1. The van der Waals surface area contributed by atoms with Crippen molar-refractivity contribution in [3.05, 3.63) is 92.4 Å². The number of benzene rings is 3. The number of amides is 1. The number of ether oxygens (including phenoxy) is 1. The lowest BCUT2D eigenvalue weighted by atomic mass is 9.98. The maximum atomic E-state index is 12.6. The highest BCUT2D eigenvalue weighted by Gasteiger charge is 2.29. The Morgan fingerprint density at radius 2 is 1.55 bits per heavy atom. The summed E-state index contributed by atoms with van der Waals surface area (Å²) in [6.07, 6.45) is -0.898. The first kappa shape index (κ1) is 21.6. The van der Waals surface area contributed by atoms with Crippen LogP contribution in [0.15, 0.2) is 75.7 Å². The smallest absolute Gasteiger partial charge is 0.407 e. The molecule has 1 amide bonds. The number of nitrogens with one attached hydrogen (secondary N) is 1. The van der Waals surface area contributed by atoms with Crippen LogP contribution in [0.3, 0.4) is 0 Å². The molecule has 4 rings (SSSR count). The van der Waals surface area contributed by atoms with Gasteiger partial charge in [0.25, 0.3) is 0 Å². The Morgan fingerprint density at radius 3 is 2.13 bits per heavy atom. The minimum Gasteiger partial charge on any atom is -0.481 e. The highest BCUT2D eigenvalue weighted by molar-refractivity contribution is 9.13. The number of rotatable bonds is 6. The molecule has 2 N–H and O–H groups in total. The Kier molecular flexibility index (Phi) is 6.43. The second-order valence-corrected chi connectivity index (χ2v) is 9.00. The molecular formula is C24H19Br2NO4. The van der Waals surface area contributed by atoms with E-state index in [1.54, 1.807) is 18.2 Å². The number of carbonyl (C=O) groups excluding carboxylic acids is 1. The molecule has 0 spiro atoms. The zero-order valence-corrected chi connectivity index (χ0v) is 19.5. The molecule has 0 saturated heterocycles. The highest BCUT2D eigenvalue weighted by Crippen LogP contribution is 2.44. The second kappa shape index (κ2) is 9.24. The average molecular weight is 545 g/mol. The zero-order valence-electron chi connectivity index (χ0n) is 16.3. The van der Waals surface area contributed by atoms with Crippen molar-refractivity contribution in [2.75, 3.05) is 6.61 Å². The monoisotopic (exact) mass is 543 g/mol. The van der Waals surface area contributed by atoms with E-state index in [4.69, 9.17) is 4.74 Å². The average Bonchev–Trinajstić information content (AvgIpc) is 3.07. The molecule has 7 heteroatoms. The molecule has 0 fully saturated rings. The molecule has 158 valence electrons. The molecule has 1 aliphatic carbocycles. The van der Waals surface area contributed by atoms with E-state index in [9.17, 15) is 14.7 Å². The standard InChI is InChI=1S/C24H19Br2NO4/c25-20-10-9-14(11-21(20)26)22(12-23(28)29)27-24(30)31-13-19-17-7-3-1-5-15(17)16-6-2-4-8-18(16)19/h1-11,19,22H,12-13H2,(H,27,30)(H,28,29)/t22-/m1/s1. The molecule has 1 aliphatic rings. The van der Waals surface area contributed by atoms with Crippen LogP contribution in [0.1, 0.15) is 35.1 Å². The van der Waals surface area contributed by atoms with E-state index in [1.165, 1.54) is 0 Å². The predicted octanol–water partition coefficient (Wildman–Crippen LogP) is 6.27. The van der Waals surface area contributed by atoms with Crippen LogP contribution in [0.4, 0.5) is 4.79 Å². The summed E-state index contributed by atoms with van der Waals surface area (Å²) in [7, 11) is 0. The number of fused-ring (bicyclic) bond motifs is 3.